The molecule has 2 aromatic rings. The predicted molar refractivity (Wildman–Crippen MR) is 81.3 cm³/mol. The van der Waals surface area contributed by atoms with Crippen molar-refractivity contribution in [2.75, 3.05) is 7.05 Å². The van der Waals surface area contributed by atoms with E-state index < -0.39 is 10.0 Å². The molecule has 0 fully saturated rings. The number of H-pyrrole nitrogens is 1. The molecule has 7 heteroatoms. The first-order valence-electron chi connectivity index (χ1n) is 6.44. The Morgan fingerprint density at radius 1 is 1.25 bits per heavy atom. The summed E-state index contributed by atoms with van der Waals surface area (Å²) >= 11 is 1.64. The monoisotopic (exact) mass is 313 g/mol. The van der Waals surface area contributed by atoms with E-state index in [2.05, 4.69) is 21.9 Å². The van der Waals surface area contributed by atoms with Crippen LogP contribution in [0.15, 0.2) is 29.3 Å². The highest BCUT2D eigenvalue weighted by atomic mass is 32.2. The SMILES string of the molecule is CCc1ccc(CNS(=O)(=O)c2c[nH]c(CNC)c2)s1. The van der Waals surface area contributed by atoms with Crippen molar-refractivity contribution < 1.29 is 8.42 Å². The molecular formula is C13H19N3O2S2. The molecule has 0 aliphatic rings. The van der Waals surface area contributed by atoms with Crippen molar-refractivity contribution in [3.63, 3.8) is 0 Å². The molecule has 20 heavy (non-hydrogen) atoms. The standard InChI is InChI=1S/C13H19N3O2S2/c1-3-11-4-5-12(19-11)8-16-20(17,18)13-6-10(7-14-2)15-9-13/h4-6,9,14-16H,3,7-8H2,1-2H3. The van der Waals surface area contributed by atoms with Crippen LogP contribution < -0.4 is 10.0 Å². The van der Waals surface area contributed by atoms with Crippen LogP contribution in [0.4, 0.5) is 0 Å². The molecule has 0 aliphatic heterocycles. The summed E-state index contributed by atoms with van der Waals surface area (Å²) in [6, 6.07) is 5.65. The Morgan fingerprint density at radius 2 is 2.00 bits per heavy atom. The Bertz CT molecular complexity index is 659. The molecule has 0 aliphatic carbocycles. The van der Waals surface area contributed by atoms with Crippen LogP contribution in [0.1, 0.15) is 22.4 Å². The molecule has 0 bridgehead atoms. The molecule has 0 aromatic carbocycles. The highest BCUT2D eigenvalue weighted by Crippen LogP contribution is 2.18. The summed E-state index contributed by atoms with van der Waals surface area (Å²) in [4.78, 5) is 5.50. The molecule has 0 radical (unpaired) electrons. The summed E-state index contributed by atoms with van der Waals surface area (Å²) in [6.07, 6.45) is 2.49. The fraction of sp³-hybridized carbons (Fsp3) is 0.385. The molecule has 2 aromatic heterocycles. The van der Waals surface area contributed by atoms with Crippen LogP contribution >= 0.6 is 11.3 Å². The number of aromatic amines is 1. The van der Waals surface area contributed by atoms with E-state index in [4.69, 9.17) is 0 Å². The van der Waals surface area contributed by atoms with E-state index >= 15 is 0 Å². The number of thiophene rings is 1. The zero-order valence-electron chi connectivity index (χ0n) is 11.6. The maximum Gasteiger partial charge on any atom is 0.242 e. The largest absolute Gasteiger partial charge is 0.363 e. The third-order valence-electron chi connectivity index (χ3n) is 2.90. The number of hydrogen-bond acceptors (Lipinski definition) is 4. The van der Waals surface area contributed by atoms with E-state index in [-0.39, 0.29) is 4.90 Å². The summed E-state index contributed by atoms with van der Waals surface area (Å²) in [5.74, 6) is 0. The van der Waals surface area contributed by atoms with Crippen LogP contribution in [-0.4, -0.2) is 20.4 Å². The van der Waals surface area contributed by atoms with Gasteiger partial charge in [-0.3, -0.25) is 0 Å². The van der Waals surface area contributed by atoms with Crippen LogP contribution in [-0.2, 0) is 29.5 Å². The molecule has 5 nitrogen and oxygen atoms in total. The molecule has 0 atom stereocenters. The van der Waals surface area contributed by atoms with Gasteiger partial charge in [-0.1, -0.05) is 6.92 Å². The van der Waals surface area contributed by atoms with Crippen molar-refractivity contribution in [3.8, 4) is 0 Å². The fourth-order valence-electron chi connectivity index (χ4n) is 1.82. The number of nitrogens with one attached hydrogen (secondary N) is 3. The number of hydrogen-bond donors (Lipinski definition) is 3. The van der Waals surface area contributed by atoms with Crippen molar-refractivity contribution in [1.82, 2.24) is 15.0 Å². The first-order valence-corrected chi connectivity index (χ1v) is 8.74. The lowest BCUT2D eigenvalue weighted by Crippen LogP contribution is -2.22. The highest BCUT2D eigenvalue weighted by Gasteiger charge is 2.16. The third kappa shape index (κ3) is 3.69. The smallest absolute Gasteiger partial charge is 0.242 e. The summed E-state index contributed by atoms with van der Waals surface area (Å²) in [6.45, 7) is 3.03. The zero-order chi connectivity index (χ0) is 14.6. The molecule has 0 unspecified atom stereocenters. The molecule has 0 saturated carbocycles. The second kappa shape index (κ2) is 6.53. The van der Waals surface area contributed by atoms with Crippen LogP contribution in [0.25, 0.3) is 0 Å². The van der Waals surface area contributed by atoms with Crippen LogP contribution in [0.3, 0.4) is 0 Å². The molecule has 0 spiro atoms. The Hall–Kier alpha value is -1.15. The maximum atomic E-state index is 12.2. The van der Waals surface area contributed by atoms with E-state index in [0.29, 0.717) is 13.1 Å². The second-order valence-corrected chi connectivity index (χ2v) is 7.46. The molecule has 2 heterocycles. The van der Waals surface area contributed by atoms with Crippen molar-refractivity contribution in [2.24, 2.45) is 0 Å². The lowest BCUT2D eigenvalue weighted by molar-refractivity contribution is 0.582. The Balaban J connectivity index is 2.02. The average molecular weight is 313 g/mol. The van der Waals surface area contributed by atoms with Crippen molar-refractivity contribution in [1.29, 1.82) is 0 Å². The average Bonchev–Trinajstić information content (AvgIpc) is 3.06. The van der Waals surface area contributed by atoms with Crippen molar-refractivity contribution in [3.05, 3.63) is 39.8 Å². The Morgan fingerprint density at radius 3 is 2.65 bits per heavy atom. The van der Waals surface area contributed by atoms with Gasteiger partial charge in [0.2, 0.25) is 10.0 Å². The normalized spacial score (nSPS) is 11.9. The first-order chi connectivity index (χ1) is 9.55. The van der Waals surface area contributed by atoms with E-state index in [1.807, 2.05) is 19.2 Å². The van der Waals surface area contributed by atoms with Gasteiger partial charge >= 0.3 is 0 Å². The van der Waals surface area contributed by atoms with Crippen molar-refractivity contribution in [2.45, 2.75) is 31.3 Å². The van der Waals surface area contributed by atoms with E-state index in [1.54, 1.807) is 17.4 Å². The molecule has 110 valence electrons. The molecular weight excluding hydrogens is 294 g/mol. The van der Waals surface area contributed by atoms with Crippen molar-refractivity contribution >= 4 is 21.4 Å². The van der Waals surface area contributed by atoms with E-state index in [9.17, 15) is 8.42 Å². The summed E-state index contributed by atoms with van der Waals surface area (Å²) < 4.78 is 26.9. The lowest BCUT2D eigenvalue weighted by atomic mass is 10.4. The van der Waals surface area contributed by atoms with Crippen LogP contribution in [0.5, 0.6) is 0 Å². The Kier molecular flexibility index (Phi) is 4.98. The van der Waals surface area contributed by atoms with Gasteiger partial charge in [0.25, 0.3) is 0 Å². The molecule has 0 saturated heterocycles. The number of aromatic nitrogens is 1. The molecule has 2 rings (SSSR count). The van der Waals surface area contributed by atoms with Gasteiger partial charge in [0.1, 0.15) is 0 Å². The van der Waals surface area contributed by atoms with Crippen LogP contribution in [0.2, 0.25) is 0 Å². The predicted octanol–water partition coefficient (Wildman–Crippen LogP) is 1.84. The summed E-state index contributed by atoms with van der Waals surface area (Å²) in [7, 11) is -1.64. The summed E-state index contributed by atoms with van der Waals surface area (Å²) in [5.41, 5.74) is 0.845. The second-order valence-electron chi connectivity index (χ2n) is 4.44. The lowest BCUT2D eigenvalue weighted by Gasteiger charge is -2.03. The number of aryl methyl sites for hydroxylation is 1. The van der Waals surface area contributed by atoms with Gasteiger partial charge in [-0.2, -0.15) is 0 Å². The first kappa shape index (κ1) is 15.2. The van der Waals surface area contributed by atoms with Gasteiger partial charge in [0, 0.05) is 34.7 Å². The third-order valence-corrected chi connectivity index (χ3v) is 5.51. The minimum atomic E-state index is -3.46. The van der Waals surface area contributed by atoms with Gasteiger partial charge in [-0.25, -0.2) is 13.1 Å². The molecule has 3 N–H and O–H groups in total. The minimum absolute atomic E-state index is 0.273. The highest BCUT2D eigenvalue weighted by molar-refractivity contribution is 7.89. The zero-order valence-corrected chi connectivity index (χ0v) is 13.2. The fourth-order valence-corrected chi connectivity index (χ4v) is 3.84. The van der Waals surface area contributed by atoms with E-state index in [1.165, 1.54) is 11.1 Å². The quantitative estimate of drug-likeness (QED) is 0.730. The Labute approximate surface area is 123 Å². The number of sulfonamides is 1. The number of rotatable bonds is 7. The van der Waals surface area contributed by atoms with E-state index in [0.717, 1.165) is 17.0 Å². The van der Waals surface area contributed by atoms with Gasteiger partial charge in [-0.05, 0) is 31.7 Å². The van der Waals surface area contributed by atoms with Gasteiger partial charge in [-0.15, -0.1) is 11.3 Å². The summed E-state index contributed by atoms with van der Waals surface area (Å²) in [5, 5.41) is 2.97. The minimum Gasteiger partial charge on any atom is -0.363 e. The molecule has 0 amide bonds. The van der Waals surface area contributed by atoms with Crippen LogP contribution in [0, 0.1) is 0 Å². The topological polar surface area (TPSA) is 74.0 Å². The van der Waals surface area contributed by atoms with Gasteiger partial charge in [0.15, 0.2) is 0 Å². The maximum absolute atomic E-state index is 12.2. The van der Waals surface area contributed by atoms with Gasteiger partial charge in [0.05, 0.1) is 4.90 Å². The van der Waals surface area contributed by atoms with Gasteiger partial charge < -0.3 is 10.3 Å².